The smallest absolute Gasteiger partial charge is 0.324 e. The Kier molecular flexibility index (Phi) is 5.02. The number of aliphatic hydroxyl groups is 1. The van der Waals surface area contributed by atoms with Crippen LogP contribution in [0.5, 0.6) is 11.5 Å². The van der Waals surface area contributed by atoms with Gasteiger partial charge in [0.05, 0.1) is 16.6 Å². The van der Waals surface area contributed by atoms with Crippen LogP contribution in [-0.2, 0) is 10.1 Å². The number of para-hydroxylation sites is 1. The lowest BCUT2D eigenvalue weighted by Crippen LogP contribution is -2.52. The van der Waals surface area contributed by atoms with Crippen LogP contribution < -0.4 is 10.2 Å². The maximum absolute atomic E-state index is 10.7. The number of hydrogen-bond donors (Lipinski definition) is 1. The van der Waals surface area contributed by atoms with Crippen molar-refractivity contribution in [3.05, 3.63) is 113 Å². The van der Waals surface area contributed by atoms with E-state index in [2.05, 4.69) is 91.8 Å². The molecule has 0 saturated carbocycles. The van der Waals surface area contributed by atoms with Crippen molar-refractivity contribution in [2.24, 2.45) is 0 Å². The molecule has 180 valence electrons. The first-order valence-electron chi connectivity index (χ1n) is 12.7. The SMILES string of the molecule is CB(OC(C)(C)C(C)(C)O)c1ccc2c(c1)C1(c3ccccc3O2)c2ccccc2-c2ccccc21. The van der Waals surface area contributed by atoms with Gasteiger partial charge in [-0.2, -0.15) is 0 Å². The third-order valence-corrected chi connectivity index (χ3v) is 8.29. The van der Waals surface area contributed by atoms with E-state index in [0.29, 0.717) is 0 Å². The minimum absolute atomic E-state index is 0.224. The van der Waals surface area contributed by atoms with Gasteiger partial charge in [-0.15, -0.1) is 0 Å². The fourth-order valence-electron chi connectivity index (χ4n) is 5.78. The van der Waals surface area contributed by atoms with E-state index >= 15 is 0 Å². The van der Waals surface area contributed by atoms with Gasteiger partial charge in [0.15, 0.2) is 0 Å². The summed E-state index contributed by atoms with van der Waals surface area (Å²) in [6, 6.07) is 32.2. The second kappa shape index (κ2) is 7.83. The van der Waals surface area contributed by atoms with Gasteiger partial charge in [0.2, 0.25) is 0 Å². The Hall–Kier alpha value is -3.34. The van der Waals surface area contributed by atoms with Crippen molar-refractivity contribution >= 4 is 12.4 Å². The first-order valence-corrected chi connectivity index (χ1v) is 12.7. The molecule has 0 unspecified atom stereocenters. The van der Waals surface area contributed by atoms with Gasteiger partial charge in [-0.25, -0.2) is 0 Å². The molecule has 2 aliphatic rings. The highest BCUT2D eigenvalue weighted by Gasteiger charge is 2.51. The first-order chi connectivity index (χ1) is 17.1. The molecule has 4 heteroatoms. The second-order valence-electron chi connectivity index (χ2n) is 11.0. The van der Waals surface area contributed by atoms with Gasteiger partial charge < -0.3 is 14.5 Å². The number of fused-ring (bicyclic) bond motifs is 9. The lowest BCUT2D eigenvalue weighted by Gasteiger charge is -2.41. The highest BCUT2D eigenvalue weighted by atomic mass is 16.5. The Labute approximate surface area is 213 Å². The summed E-state index contributed by atoms with van der Waals surface area (Å²) in [5.74, 6) is 1.75. The van der Waals surface area contributed by atoms with E-state index in [1.54, 1.807) is 13.8 Å². The Morgan fingerprint density at radius 1 is 0.694 bits per heavy atom. The molecular formula is C32H31BO3. The van der Waals surface area contributed by atoms with Crippen molar-refractivity contribution < 1.29 is 14.5 Å². The van der Waals surface area contributed by atoms with Crippen molar-refractivity contribution in [1.29, 1.82) is 0 Å². The molecule has 0 aromatic heterocycles. The highest BCUT2D eigenvalue weighted by molar-refractivity contribution is 6.66. The molecule has 1 N–H and O–H groups in total. The molecule has 0 amide bonds. The normalized spacial score (nSPS) is 14.9. The fourth-order valence-corrected chi connectivity index (χ4v) is 5.78. The number of benzene rings is 4. The summed E-state index contributed by atoms with van der Waals surface area (Å²) < 4.78 is 13.0. The molecule has 1 heterocycles. The molecule has 0 saturated heterocycles. The van der Waals surface area contributed by atoms with Gasteiger partial charge in [0, 0.05) is 11.1 Å². The number of rotatable bonds is 4. The largest absolute Gasteiger partial charge is 0.457 e. The summed E-state index contributed by atoms with van der Waals surface area (Å²) in [5.41, 5.74) is 6.18. The predicted octanol–water partition coefficient (Wildman–Crippen LogP) is 6.55. The van der Waals surface area contributed by atoms with Crippen LogP contribution in [0.4, 0.5) is 0 Å². The summed E-state index contributed by atoms with van der Waals surface area (Å²) in [6.45, 7) is 9.28. The Morgan fingerprint density at radius 3 is 1.83 bits per heavy atom. The summed E-state index contributed by atoms with van der Waals surface area (Å²) >= 11 is 0. The van der Waals surface area contributed by atoms with Crippen molar-refractivity contribution in [1.82, 2.24) is 0 Å². The zero-order valence-corrected chi connectivity index (χ0v) is 21.5. The van der Waals surface area contributed by atoms with Gasteiger partial charge in [-0.05, 0) is 67.5 Å². The maximum atomic E-state index is 10.7. The average Bonchev–Trinajstić information content (AvgIpc) is 3.14. The molecule has 36 heavy (non-hydrogen) atoms. The van der Waals surface area contributed by atoms with E-state index in [4.69, 9.17) is 9.39 Å². The molecule has 1 aliphatic heterocycles. The van der Waals surface area contributed by atoms with Crippen LogP contribution in [0.1, 0.15) is 49.9 Å². The van der Waals surface area contributed by atoms with Gasteiger partial charge in [-0.3, -0.25) is 0 Å². The van der Waals surface area contributed by atoms with Gasteiger partial charge in [-0.1, -0.05) is 85.7 Å². The lowest BCUT2D eigenvalue weighted by atomic mass is 9.59. The van der Waals surface area contributed by atoms with E-state index in [9.17, 15) is 5.11 Å². The maximum Gasteiger partial charge on any atom is 0.324 e. The quantitative estimate of drug-likeness (QED) is 0.295. The molecule has 0 radical (unpaired) electrons. The summed E-state index contributed by atoms with van der Waals surface area (Å²) in [5, 5.41) is 10.7. The Balaban J connectivity index is 1.61. The van der Waals surface area contributed by atoms with Crippen molar-refractivity contribution in [3.8, 4) is 22.6 Å². The Morgan fingerprint density at radius 2 is 1.22 bits per heavy atom. The average molecular weight is 474 g/mol. The summed E-state index contributed by atoms with van der Waals surface area (Å²) in [6.07, 6.45) is 0. The van der Waals surface area contributed by atoms with E-state index in [1.807, 2.05) is 19.9 Å². The van der Waals surface area contributed by atoms with Crippen LogP contribution in [0, 0.1) is 0 Å². The third kappa shape index (κ3) is 3.14. The van der Waals surface area contributed by atoms with Crippen molar-refractivity contribution in [2.45, 2.75) is 51.1 Å². The molecular weight excluding hydrogens is 443 g/mol. The van der Waals surface area contributed by atoms with E-state index in [0.717, 1.165) is 28.1 Å². The van der Waals surface area contributed by atoms with Crippen LogP contribution in [0.15, 0.2) is 91.0 Å². The second-order valence-corrected chi connectivity index (χ2v) is 11.0. The van der Waals surface area contributed by atoms with Gasteiger partial charge in [0.25, 0.3) is 0 Å². The van der Waals surface area contributed by atoms with Crippen LogP contribution in [0.3, 0.4) is 0 Å². The predicted molar refractivity (Wildman–Crippen MR) is 147 cm³/mol. The molecule has 0 atom stereocenters. The molecule has 6 rings (SSSR count). The summed E-state index contributed by atoms with van der Waals surface area (Å²) in [7, 11) is 0. The minimum Gasteiger partial charge on any atom is -0.457 e. The lowest BCUT2D eigenvalue weighted by molar-refractivity contribution is -0.0918. The number of hydrogen-bond acceptors (Lipinski definition) is 3. The highest BCUT2D eigenvalue weighted by Crippen LogP contribution is 2.61. The standard InChI is InChI=1S/C32H31BO3/c1-30(2,34)31(3,4)36-33(5)21-18-19-29-27(20-21)32(26-16-10-11-17-28(26)35-29)24-14-8-6-12-22(24)23-13-7-9-15-25(23)32/h6-20,34H,1-5H3. The van der Waals surface area contributed by atoms with Crippen LogP contribution >= 0.6 is 0 Å². The number of ether oxygens (including phenoxy) is 1. The van der Waals surface area contributed by atoms with Gasteiger partial charge >= 0.3 is 6.92 Å². The molecule has 4 aromatic rings. The molecule has 1 aliphatic carbocycles. The zero-order valence-electron chi connectivity index (χ0n) is 21.5. The molecule has 3 nitrogen and oxygen atoms in total. The molecule has 0 bridgehead atoms. The molecule has 4 aromatic carbocycles. The van der Waals surface area contributed by atoms with Crippen molar-refractivity contribution in [3.63, 3.8) is 0 Å². The van der Waals surface area contributed by atoms with E-state index < -0.39 is 16.6 Å². The van der Waals surface area contributed by atoms with E-state index in [-0.39, 0.29) is 6.92 Å². The van der Waals surface area contributed by atoms with E-state index in [1.165, 1.54) is 22.3 Å². The Bertz CT molecular complexity index is 1440. The monoisotopic (exact) mass is 474 g/mol. The van der Waals surface area contributed by atoms with Crippen LogP contribution in [-0.4, -0.2) is 23.2 Å². The minimum atomic E-state index is -0.984. The van der Waals surface area contributed by atoms with Gasteiger partial charge in [0.1, 0.15) is 11.5 Å². The van der Waals surface area contributed by atoms with Crippen LogP contribution in [0.25, 0.3) is 11.1 Å². The van der Waals surface area contributed by atoms with Crippen molar-refractivity contribution in [2.75, 3.05) is 0 Å². The third-order valence-electron chi connectivity index (χ3n) is 8.29. The first kappa shape index (κ1) is 23.1. The molecule has 1 spiro atoms. The topological polar surface area (TPSA) is 38.7 Å². The molecule has 0 fully saturated rings. The zero-order chi connectivity index (χ0) is 25.3. The summed E-state index contributed by atoms with van der Waals surface area (Å²) in [4.78, 5) is 0. The van der Waals surface area contributed by atoms with Crippen LogP contribution in [0.2, 0.25) is 6.82 Å². The fraction of sp³-hybridized carbons (Fsp3) is 0.250.